The van der Waals surface area contributed by atoms with Crippen LogP contribution in [-0.4, -0.2) is 27.0 Å². The van der Waals surface area contributed by atoms with Gasteiger partial charge >= 0.3 is 6.18 Å². The number of amides is 1. The highest BCUT2D eigenvalue weighted by atomic mass is 19.4. The van der Waals surface area contributed by atoms with E-state index in [1.807, 2.05) is 0 Å². The van der Waals surface area contributed by atoms with Crippen LogP contribution in [-0.2, 0) is 6.18 Å². The molecule has 0 radical (unpaired) electrons. The van der Waals surface area contributed by atoms with E-state index in [1.165, 1.54) is 18.2 Å². The Morgan fingerprint density at radius 3 is 2.48 bits per heavy atom. The molecule has 0 aliphatic heterocycles. The summed E-state index contributed by atoms with van der Waals surface area (Å²) in [6, 6.07) is 7.01. The molecule has 154 valence electrons. The third-order valence-electron chi connectivity index (χ3n) is 4.41. The highest BCUT2D eigenvalue weighted by Gasteiger charge is 2.35. The number of rotatable bonds is 7. The lowest BCUT2D eigenvalue weighted by Gasteiger charge is -2.11. The lowest BCUT2D eigenvalue weighted by molar-refractivity contribution is -0.142. The van der Waals surface area contributed by atoms with E-state index in [0.717, 1.165) is 43.9 Å². The molecular weight excluding hydrogens is 388 g/mol. The molecular formula is C20H20F4N4O. The molecule has 3 aromatic rings. The fourth-order valence-electron chi connectivity index (χ4n) is 2.90. The average Bonchev–Trinajstić information content (AvgIpc) is 3.11. The number of alkyl halides is 3. The predicted octanol–water partition coefficient (Wildman–Crippen LogP) is 4.86. The Hall–Kier alpha value is -2.97. The number of unbranched alkanes of at least 4 members (excludes halogenated alkanes) is 3. The van der Waals surface area contributed by atoms with E-state index >= 15 is 0 Å². The van der Waals surface area contributed by atoms with Crippen molar-refractivity contribution in [1.29, 1.82) is 0 Å². The van der Waals surface area contributed by atoms with E-state index in [9.17, 15) is 22.4 Å². The quantitative estimate of drug-likeness (QED) is 0.449. The summed E-state index contributed by atoms with van der Waals surface area (Å²) in [7, 11) is 0. The first-order chi connectivity index (χ1) is 13.8. The topological polar surface area (TPSA) is 59.3 Å². The number of carbonyl (C=O) groups is 1. The van der Waals surface area contributed by atoms with E-state index in [0.29, 0.717) is 16.6 Å². The lowest BCUT2D eigenvalue weighted by Crippen LogP contribution is -2.25. The molecule has 2 aromatic heterocycles. The zero-order valence-corrected chi connectivity index (χ0v) is 15.8. The van der Waals surface area contributed by atoms with Crippen molar-refractivity contribution in [2.24, 2.45) is 0 Å². The number of hydrogen-bond donors (Lipinski definition) is 1. The number of hydrogen-bond acceptors (Lipinski definition) is 3. The van der Waals surface area contributed by atoms with E-state index in [1.54, 1.807) is 0 Å². The molecule has 0 aliphatic rings. The van der Waals surface area contributed by atoms with Crippen LogP contribution in [0.3, 0.4) is 0 Å². The van der Waals surface area contributed by atoms with Gasteiger partial charge in [-0.3, -0.25) is 4.79 Å². The molecule has 0 aliphatic carbocycles. The van der Waals surface area contributed by atoms with Crippen LogP contribution in [0.5, 0.6) is 0 Å². The molecule has 3 rings (SSSR count). The van der Waals surface area contributed by atoms with Crippen molar-refractivity contribution in [3.8, 4) is 11.3 Å². The van der Waals surface area contributed by atoms with Crippen LogP contribution in [0.2, 0.25) is 0 Å². The zero-order chi connectivity index (χ0) is 21.0. The summed E-state index contributed by atoms with van der Waals surface area (Å²) in [5.41, 5.74) is -0.993. The minimum absolute atomic E-state index is 0.0104. The third kappa shape index (κ3) is 4.90. The van der Waals surface area contributed by atoms with Gasteiger partial charge in [0, 0.05) is 18.2 Å². The molecule has 0 fully saturated rings. The Morgan fingerprint density at radius 2 is 1.83 bits per heavy atom. The number of fused-ring (bicyclic) bond motifs is 1. The Labute approximate surface area is 164 Å². The van der Waals surface area contributed by atoms with Gasteiger partial charge in [0.15, 0.2) is 17.0 Å². The van der Waals surface area contributed by atoms with Gasteiger partial charge in [-0.15, -0.1) is 0 Å². The summed E-state index contributed by atoms with van der Waals surface area (Å²) in [5, 5.41) is 6.47. The average molecular weight is 408 g/mol. The molecule has 1 aromatic carbocycles. The summed E-state index contributed by atoms with van der Waals surface area (Å²) in [6.07, 6.45) is -0.857. The number of benzene rings is 1. The van der Waals surface area contributed by atoms with Gasteiger partial charge in [0.25, 0.3) is 5.91 Å². The van der Waals surface area contributed by atoms with Gasteiger partial charge in [0.05, 0.1) is 5.69 Å². The molecule has 0 saturated heterocycles. The third-order valence-corrected chi connectivity index (χ3v) is 4.41. The second-order valence-corrected chi connectivity index (χ2v) is 6.65. The minimum atomic E-state index is -4.71. The van der Waals surface area contributed by atoms with Crippen molar-refractivity contribution < 1.29 is 22.4 Å². The molecule has 29 heavy (non-hydrogen) atoms. The van der Waals surface area contributed by atoms with Crippen molar-refractivity contribution in [3.05, 3.63) is 53.6 Å². The molecule has 9 heteroatoms. The van der Waals surface area contributed by atoms with Crippen LogP contribution in [0.4, 0.5) is 17.6 Å². The van der Waals surface area contributed by atoms with Gasteiger partial charge in [-0.2, -0.15) is 18.3 Å². The fraction of sp³-hybridized carbons (Fsp3) is 0.350. The molecule has 5 nitrogen and oxygen atoms in total. The SMILES string of the molecule is CCCCCCNC(=O)c1cc2nc(-c3ccc(F)cc3)cc(C(F)(F)F)n2n1. The van der Waals surface area contributed by atoms with Crippen LogP contribution in [0.1, 0.15) is 48.8 Å². The number of carbonyl (C=O) groups excluding carboxylic acids is 1. The van der Waals surface area contributed by atoms with E-state index in [-0.39, 0.29) is 17.0 Å². The first-order valence-corrected chi connectivity index (χ1v) is 9.31. The molecule has 0 spiro atoms. The van der Waals surface area contributed by atoms with Crippen LogP contribution >= 0.6 is 0 Å². The Bertz CT molecular complexity index is 996. The fourth-order valence-corrected chi connectivity index (χ4v) is 2.90. The zero-order valence-electron chi connectivity index (χ0n) is 15.8. The van der Waals surface area contributed by atoms with Crippen molar-refractivity contribution >= 4 is 11.6 Å². The maximum Gasteiger partial charge on any atom is 0.433 e. The highest BCUT2D eigenvalue weighted by molar-refractivity contribution is 5.93. The maximum absolute atomic E-state index is 13.6. The Kier molecular flexibility index (Phi) is 6.14. The summed E-state index contributed by atoms with van der Waals surface area (Å²) < 4.78 is 54.4. The summed E-state index contributed by atoms with van der Waals surface area (Å²) in [6.45, 7) is 2.49. The van der Waals surface area contributed by atoms with Gasteiger partial charge in [0.1, 0.15) is 5.82 Å². The summed E-state index contributed by atoms with van der Waals surface area (Å²) in [5.74, 6) is -1.06. The summed E-state index contributed by atoms with van der Waals surface area (Å²) >= 11 is 0. The monoisotopic (exact) mass is 408 g/mol. The number of nitrogens with one attached hydrogen (secondary N) is 1. The van der Waals surface area contributed by atoms with Crippen LogP contribution in [0, 0.1) is 5.82 Å². The number of aromatic nitrogens is 3. The van der Waals surface area contributed by atoms with Crippen molar-refractivity contribution in [2.45, 2.75) is 38.8 Å². The molecule has 1 N–H and O–H groups in total. The van der Waals surface area contributed by atoms with Crippen molar-refractivity contribution in [1.82, 2.24) is 19.9 Å². The first-order valence-electron chi connectivity index (χ1n) is 9.31. The molecule has 0 atom stereocenters. The van der Waals surface area contributed by atoms with Crippen molar-refractivity contribution in [3.63, 3.8) is 0 Å². The standard InChI is InChI=1S/C20H20F4N4O/c1-2-3-4-5-10-25-19(29)16-12-18-26-15(13-6-8-14(21)9-7-13)11-17(20(22,23)24)28(18)27-16/h6-9,11-12H,2-5,10H2,1H3,(H,25,29). The van der Waals surface area contributed by atoms with Gasteiger partial charge in [0.2, 0.25) is 0 Å². The first kappa shape index (κ1) is 20.8. The summed E-state index contributed by atoms with van der Waals surface area (Å²) in [4.78, 5) is 16.4. The van der Waals surface area contributed by atoms with E-state index in [4.69, 9.17) is 0 Å². The molecule has 0 bridgehead atoms. The highest BCUT2D eigenvalue weighted by Crippen LogP contribution is 2.32. The van der Waals surface area contributed by atoms with Crippen LogP contribution in [0.15, 0.2) is 36.4 Å². The molecule has 0 saturated carbocycles. The van der Waals surface area contributed by atoms with Crippen LogP contribution < -0.4 is 5.32 Å². The van der Waals surface area contributed by atoms with Gasteiger partial charge in [-0.05, 0) is 36.8 Å². The van der Waals surface area contributed by atoms with Crippen molar-refractivity contribution in [2.75, 3.05) is 6.54 Å². The van der Waals surface area contributed by atoms with Gasteiger partial charge < -0.3 is 5.32 Å². The smallest absolute Gasteiger partial charge is 0.351 e. The second kappa shape index (κ2) is 8.59. The molecule has 2 heterocycles. The van der Waals surface area contributed by atoms with E-state index in [2.05, 4.69) is 22.3 Å². The maximum atomic E-state index is 13.6. The predicted molar refractivity (Wildman–Crippen MR) is 99.9 cm³/mol. The number of halogens is 4. The Balaban J connectivity index is 1.93. The number of nitrogens with zero attached hydrogens (tertiary/aromatic N) is 3. The van der Waals surface area contributed by atoms with Gasteiger partial charge in [-0.25, -0.2) is 13.9 Å². The second-order valence-electron chi connectivity index (χ2n) is 6.65. The minimum Gasteiger partial charge on any atom is -0.351 e. The van der Waals surface area contributed by atoms with E-state index < -0.39 is 23.6 Å². The molecule has 1 amide bonds. The normalized spacial score (nSPS) is 11.8. The lowest BCUT2D eigenvalue weighted by atomic mass is 10.1. The van der Waals surface area contributed by atoms with Crippen LogP contribution in [0.25, 0.3) is 16.9 Å². The van der Waals surface area contributed by atoms with Gasteiger partial charge in [-0.1, -0.05) is 26.2 Å². The Morgan fingerprint density at radius 1 is 1.10 bits per heavy atom. The molecule has 0 unspecified atom stereocenters. The largest absolute Gasteiger partial charge is 0.433 e.